The van der Waals surface area contributed by atoms with Crippen molar-refractivity contribution in [3.8, 4) is 39.1 Å². The van der Waals surface area contributed by atoms with E-state index in [0.717, 1.165) is 33.9 Å². The number of fused-ring (bicyclic) bond motifs is 4. The van der Waals surface area contributed by atoms with Crippen LogP contribution in [0.2, 0.25) is 0 Å². The van der Waals surface area contributed by atoms with E-state index in [1.165, 1.54) is 54.8 Å². The van der Waals surface area contributed by atoms with Gasteiger partial charge in [0.1, 0.15) is 0 Å². The predicted molar refractivity (Wildman–Crippen MR) is 229 cm³/mol. The molecule has 254 valence electrons. The molecule has 0 atom stereocenters. The number of hydrogen-bond acceptors (Lipinski definition) is 1. The van der Waals surface area contributed by atoms with Crippen molar-refractivity contribution < 1.29 is 0 Å². The van der Waals surface area contributed by atoms with Gasteiger partial charge in [0, 0.05) is 33.4 Å². The average Bonchev–Trinajstić information content (AvgIpc) is 3.57. The molecule has 0 saturated heterocycles. The van der Waals surface area contributed by atoms with Gasteiger partial charge in [0.05, 0.1) is 16.7 Å². The van der Waals surface area contributed by atoms with Gasteiger partial charge >= 0.3 is 0 Å². The molecule has 0 spiro atoms. The summed E-state index contributed by atoms with van der Waals surface area (Å²) in [6, 6.07) is 78.9. The molecule has 0 saturated carbocycles. The van der Waals surface area contributed by atoms with E-state index in [0.29, 0.717) is 0 Å². The maximum atomic E-state index is 2.41. The van der Waals surface area contributed by atoms with Crippen LogP contribution in [0, 0.1) is 0 Å². The Hall–Kier alpha value is -7.16. The van der Waals surface area contributed by atoms with Crippen LogP contribution in [0.4, 0.5) is 17.1 Å². The van der Waals surface area contributed by atoms with Gasteiger partial charge < -0.3 is 9.47 Å². The van der Waals surface area contributed by atoms with Crippen molar-refractivity contribution in [3.05, 3.63) is 218 Å². The molecule has 2 heteroatoms. The molecule has 1 aromatic heterocycles. The third-order valence-electron chi connectivity index (χ3n) is 10.6. The monoisotopic (exact) mass is 688 g/mol. The van der Waals surface area contributed by atoms with Gasteiger partial charge in [-0.05, 0) is 99.3 Å². The van der Waals surface area contributed by atoms with Crippen molar-refractivity contribution in [2.45, 2.75) is 0 Å². The molecule has 0 bridgehead atoms. The first-order valence-electron chi connectivity index (χ1n) is 18.5. The number of aromatic nitrogens is 1. The molecule has 0 unspecified atom stereocenters. The van der Waals surface area contributed by atoms with E-state index in [-0.39, 0.29) is 0 Å². The Labute approximate surface area is 315 Å². The molecule has 0 aliphatic carbocycles. The number of nitrogens with zero attached hydrogens (tertiary/aromatic N) is 2. The van der Waals surface area contributed by atoms with E-state index in [9.17, 15) is 0 Å². The van der Waals surface area contributed by atoms with Gasteiger partial charge in [-0.25, -0.2) is 0 Å². The molecule has 0 amide bonds. The van der Waals surface area contributed by atoms with Crippen molar-refractivity contribution in [2.24, 2.45) is 0 Å². The van der Waals surface area contributed by atoms with Crippen LogP contribution in [-0.4, -0.2) is 4.57 Å². The summed E-state index contributed by atoms with van der Waals surface area (Å²) in [6.07, 6.45) is 0. The summed E-state index contributed by atoms with van der Waals surface area (Å²) in [7, 11) is 0. The first kappa shape index (κ1) is 31.6. The topological polar surface area (TPSA) is 8.17 Å². The SMILES string of the molecule is c1ccc(-c2ccc(N(c3cccc(-c4ccccc4)c3)c3ccccc3-c3ccc(-n4c5ccccc5c5cc6ccccc6cc54)cc3)cc2)cc1. The molecule has 10 aromatic rings. The first-order chi connectivity index (χ1) is 26.8. The fourth-order valence-electron chi connectivity index (χ4n) is 7.95. The van der Waals surface area contributed by atoms with Crippen LogP contribution in [0.3, 0.4) is 0 Å². The Bertz CT molecular complexity index is 2910. The number of benzene rings is 9. The van der Waals surface area contributed by atoms with Gasteiger partial charge in [0.25, 0.3) is 0 Å². The lowest BCUT2D eigenvalue weighted by Gasteiger charge is -2.28. The largest absolute Gasteiger partial charge is 0.310 e. The molecule has 2 nitrogen and oxygen atoms in total. The van der Waals surface area contributed by atoms with Crippen molar-refractivity contribution in [1.82, 2.24) is 4.57 Å². The smallest absolute Gasteiger partial charge is 0.0547 e. The number of rotatable bonds is 7. The van der Waals surface area contributed by atoms with Crippen molar-refractivity contribution in [3.63, 3.8) is 0 Å². The minimum absolute atomic E-state index is 1.10. The molecule has 0 fully saturated rings. The lowest BCUT2D eigenvalue weighted by molar-refractivity contribution is 1.18. The zero-order chi connectivity index (χ0) is 35.8. The molecule has 1 heterocycles. The quantitative estimate of drug-likeness (QED) is 0.162. The highest BCUT2D eigenvalue weighted by Gasteiger charge is 2.19. The summed E-state index contributed by atoms with van der Waals surface area (Å²) in [6.45, 7) is 0. The maximum absolute atomic E-state index is 2.41. The van der Waals surface area contributed by atoms with E-state index in [1.54, 1.807) is 0 Å². The third-order valence-corrected chi connectivity index (χ3v) is 10.6. The number of anilines is 3. The normalized spacial score (nSPS) is 11.3. The summed E-state index contributed by atoms with van der Waals surface area (Å²) in [4.78, 5) is 2.39. The second-order valence-corrected chi connectivity index (χ2v) is 13.8. The van der Waals surface area contributed by atoms with E-state index >= 15 is 0 Å². The van der Waals surface area contributed by atoms with Crippen molar-refractivity contribution in [2.75, 3.05) is 4.90 Å². The lowest BCUT2D eigenvalue weighted by atomic mass is 9.99. The third kappa shape index (κ3) is 5.62. The summed E-state index contributed by atoms with van der Waals surface area (Å²) < 4.78 is 2.41. The lowest BCUT2D eigenvalue weighted by Crippen LogP contribution is -2.11. The second kappa shape index (κ2) is 13.4. The van der Waals surface area contributed by atoms with Crippen molar-refractivity contribution >= 4 is 49.6 Å². The van der Waals surface area contributed by atoms with Crippen LogP contribution in [0.25, 0.3) is 71.6 Å². The van der Waals surface area contributed by atoms with Gasteiger partial charge in [0.15, 0.2) is 0 Å². The van der Waals surface area contributed by atoms with Gasteiger partial charge in [0.2, 0.25) is 0 Å². The van der Waals surface area contributed by atoms with Crippen LogP contribution in [0.15, 0.2) is 218 Å². The van der Waals surface area contributed by atoms with E-state index in [4.69, 9.17) is 0 Å². The highest BCUT2D eigenvalue weighted by molar-refractivity contribution is 6.13. The Morgan fingerprint density at radius 1 is 0.315 bits per heavy atom. The summed E-state index contributed by atoms with van der Waals surface area (Å²) in [5, 5.41) is 5.03. The first-order valence-corrected chi connectivity index (χ1v) is 18.5. The fraction of sp³-hybridized carbons (Fsp3) is 0. The van der Waals surface area contributed by atoms with Crippen LogP contribution in [-0.2, 0) is 0 Å². The van der Waals surface area contributed by atoms with Crippen molar-refractivity contribution in [1.29, 1.82) is 0 Å². The molecule has 54 heavy (non-hydrogen) atoms. The minimum atomic E-state index is 1.10. The van der Waals surface area contributed by atoms with E-state index < -0.39 is 0 Å². The second-order valence-electron chi connectivity index (χ2n) is 13.8. The molecule has 0 aliphatic heterocycles. The summed E-state index contributed by atoms with van der Waals surface area (Å²) in [5.41, 5.74) is 14.0. The van der Waals surface area contributed by atoms with Crippen LogP contribution in [0.1, 0.15) is 0 Å². The molecule has 10 rings (SSSR count). The van der Waals surface area contributed by atoms with Crippen LogP contribution >= 0.6 is 0 Å². The van der Waals surface area contributed by atoms with E-state index in [2.05, 4.69) is 228 Å². The zero-order valence-electron chi connectivity index (χ0n) is 29.7. The van der Waals surface area contributed by atoms with E-state index in [1.807, 2.05) is 0 Å². The minimum Gasteiger partial charge on any atom is -0.310 e. The van der Waals surface area contributed by atoms with Crippen LogP contribution < -0.4 is 4.90 Å². The fourth-order valence-corrected chi connectivity index (χ4v) is 7.95. The molecule has 0 radical (unpaired) electrons. The number of para-hydroxylation sites is 2. The van der Waals surface area contributed by atoms with Gasteiger partial charge in [-0.1, -0.05) is 158 Å². The Balaban J connectivity index is 1.10. The molecule has 0 aliphatic rings. The highest BCUT2D eigenvalue weighted by atomic mass is 15.1. The predicted octanol–water partition coefficient (Wildman–Crippen LogP) is 14.4. The molecule has 9 aromatic carbocycles. The maximum Gasteiger partial charge on any atom is 0.0547 e. The van der Waals surface area contributed by atoms with Gasteiger partial charge in [-0.3, -0.25) is 0 Å². The summed E-state index contributed by atoms with van der Waals surface area (Å²) in [5.74, 6) is 0. The Kier molecular flexibility index (Phi) is 7.85. The van der Waals surface area contributed by atoms with Gasteiger partial charge in [-0.2, -0.15) is 0 Å². The number of hydrogen-bond donors (Lipinski definition) is 0. The average molecular weight is 689 g/mol. The van der Waals surface area contributed by atoms with Crippen LogP contribution in [0.5, 0.6) is 0 Å². The highest BCUT2D eigenvalue weighted by Crippen LogP contribution is 2.43. The zero-order valence-corrected chi connectivity index (χ0v) is 29.7. The Morgan fingerprint density at radius 3 is 1.65 bits per heavy atom. The molecule has 0 N–H and O–H groups in total. The molecular weight excluding hydrogens is 653 g/mol. The van der Waals surface area contributed by atoms with Gasteiger partial charge in [-0.15, -0.1) is 0 Å². The standard InChI is InChI=1S/C52H36N2/c1-3-14-37(15-4-1)39-26-30-44(31-27-39)53(46-21-13-20-41(34-46)38-16-5-2-6-17-38)50-24-11-9-22-47(50)40-28-32-45(33-29-40)54-51-25-12-10-23-48(51)49-35-42-18-7-8-19-43(42)36-52(49)54/h1-36H. The summed E-state index contributed by atoms with van der Waals surface area (Å²) >= 11 is 0. The Morgan fingerprint density at radius 2 is 0.889 bits per heavy atom. The molecular formula is C52H36N2.